The summed E-state index contributed by atoms with van der Waals surface area (Å²) in [6.45, 7) is 0.648. The Labute approximate surface area is 132 Å². The number of ether oxygens (including phenoxy) is 2. The van der Waals surface area contributed by atoms with Gasteiger partial charge in [0.15, 0.2) is 16.9 Å². The molecule has 1 aromatic heterocycles. The number of pyridine rings is 1. The molecule has 6 nitrogen and oxygen atoms in total. The fraction of sp³-hybridized carbons (Fsp3) is 0.294. The summed E-state index contributed by atoms with van der Waals surface area (Å²) in [6, 6.07) is 5.14. The number of aryl methyl sites for hydroxylation is 2. The summed E-state index contributed by atoms with van der Waals surface area (Å²) in [5.41, 5.74) is 1.92. The number of carbonyl (C=O) groups is 1. The third-order valence-electron chi connectivity index (χ3n) is 4.09. The smallest absolute Gasteiger partial charge is 0.341 e. The van der Waals surface area contributed by atoms with E-state index in [0.717, 1.165) is 24.0 Å². The van der Waals surface area contributed by atoms with Gasteiger partial charge in [-0.05, 0) is 30.5 Å². The molecule has 0 unspecified atom stereocenters. The molecule has 0 aliphatic carbocycles. The van der Waals surface area contributed by atoms with Crippen LogP contribution in [0.25, 0.3) is 11.3 Å². The molecule has 0 amide bonds. The maximum Gasteiger partial charge on any atom is 0.341 e. The second-order valence-electron chi connectivity index (χ2n) is 5.40. The molecule has 1 aliphatic heterocycles. The summed E-state index contributed by atoms with van der Waals surface area (Å²) in [5, 5.41) is 9.13. The van der Waals surface area contributed by atoms with E-state index in [0.29, 0.717) is 23.7 Å². The van der Waals surface area contributed by atoms with Crippen molar-refractivity contribution in [1.82, 2.24) is 4.57 Å². The van der Waals surface area contributed by atoms with Crippen LogP contribution in [0.4, 0.5) is 0 Å². The van der Waals surface area contributed by atoms with E-state index in [1.165, 1.54) is 12.3 Å². The number of carboxylic acids is 1. The third kappa shape index (κ3) is 2.56. The van der Waals surface area contributed by atoms with Gasteiger partial charge >= 0.3 is 5.97 Å². The summed E-state index contributed by atoms with van der Waals surface area (Å²) in [5.74, 6) is 0.0146. The molecule has 120 valence electrons. The number of hydrogen-bond acceptors (Lipinski definition) is 4. The molecule has 0 bridgehead atoms. The fourth-order valence-corrected chi connectivity index (χ4v) is 2.96. The van der Waals surface area contributed by atoms with Crippen LogP contribution in [0.2, 0.25) is 0 Å². The van der Waals surface area contributed by atoms with Gasteiger partial charge in [-0.25, -0.2) is 4.79 Å². The minimum absolute atomic E-state index is 0.210. The van der Waals surface area contributed by atoms with Gasteiger partial charge in [0.2, 0.25) is 0 Å². The van der Waals surface area contributed by atoms with E-state index in [4.69, 9.17) is 14.6 Å². The molecule has 1 aromatic carbocycles. The Hall–Kier alpha value is -2.76. The van der Waals surface area contributed by atoms with Gasteiger partial charge in [-0.2, -0.15) is 0 Å². The van der Waals surface area contributed by atoms with Crippen molar-refractivity contribution in [3.8, 4) is 22.8 Å². The zero-order chi connectivity index (χ0) is 16.6. The number of aromatic nitrogens is 1. The SMILES string of the molecule is COc1cc2c(cc1OC)-c1cc(=O)c(C(=O)O)cn1CCC2. The first kappa shape index (κ1) is 15.1. The first-order valence-electron chi connectivity index (χ1n) is 7.28. The number of rotatable bonds is 3. The van der Waals surface area contributed by atoms with Gasteiger partial charge in [0.25, 0.3) is 0 Å². The topological polar surface area (TPSA) is 77.8 Å². The van der Waals surface area contributed by atoms with Crippen LogP contribution in [0.3, 0.4) is 0 Å². The molecule has 0 saturated heterocycles. The van der Waals surface area contributed by atoms with Crippen molar-refractivity contribution in [3.05, 3.63) is 45.7 Å². The second kappa shape index (κ2) is 5.79. The Morgan fingerprint density at radius 3 is 2.52 bits per heavy atom. The van der Waals surface area contributed by atoms with Crippen molar-refractivity contribution < 1.29 is 19.4 Å². The number of methoxy groups -OCH3 is 2. The fourth-order valence-electron chi connectivity index (χ4n) is 2.96. The van der Waals surface area contributed by atoms with E-state index >= 15 is 0 Å². The van der Waals surface area contributed by atoms with E-state index < -0.39 is 11.4 Å². The Kier molecular flexibility index (Phi) is 3.82. The monoisotopic (exact) mass is 315 g/mol. The lowest BCUT2D eigenvalue weighted by Crippen LogP contribution is -2.18. The van der Waals surface area contributed by atoms with E-state index in [2.05, 4.69) is 0 Å². The molecule has 3 rings (SSSR count). The van der Waals surface area contributed by atoms with E-state index in [1.807, 2.05) is 16.7 Å². The van der Waals surface area contributed by atoms with Gasteiger partial charge in [0.1, 0.15) is 5.56 Å². The van der Waals surface area contributed by atoms with Crippen molar-refractivity contribution in [2.75, 3.05) is 14.2 Å². The number of fused-ring (bicyclic) bond motifs is 3. The summed E-state index contributed by atoms with van der Waals surface area (Å²) in [7, 11) is 3.14. The van der Waals surface area contributed by atoms with Crippen LogP contribution in [0.1, 0.15) is 22.3 Å². The summed E-state index contributed by atoms with van der Waals surface area (Å²) >= 11 is 0. The van der Waals surface area contributed by atoms with E-state index in [1.54, 1.807) is 14.2 Å². The first-order chi connectivity index (χ1) is 11.0. The van der Waals surface area contributed by atoms with Gasteiger partial charge in [-0.3, -0.25) is 4.79 Å². The minimum Gasteiger partial charge on any atom is -0.493 e. The highest BCUT2D eigenvalue weighted by molar-refractivity contribution is 5.87. The Morgan fingerprint density at radius 1 is 1.17 bits per heavy atom. The van der Waals surface area contributed by atoms with Gasteiger partial charge in [-0.15, -0.1) is 0 Å². The second-order valence-corrected chi connectivity index (χ2v) is 5.40. The van der Waals surface area contributed by atoms with Crippen molar-refractivity contribution >= 4 is 5.97 Å². The molecule has 23 heavy (non-hydrogen) atoms. The van der Waals surface area contributed by atoms with Crippen molar-refractivity contribution in [2.45, 2.75) is 19.4 Å². The minimum atomic E-state index is -1.21. The standard InChI is InChI=1S/C17H17NO5/c1-22-15-6-10-4-3-5-18-9-12(17(20)21)14(19)8-13(18)11(10)7-16(15)23-2/h6-9H,3-5H2,1-2H3,(H,20,21). The zero-order valence-electron chi connectivity index (χ0n) is 13.0. The van der Waals surface area contributed by atoms with Crippen LogP contribution >= 0.6 is 0 Å². The Balaban J connectivity index is 2.27. The predicted molar refractivity (Wildman–Crippen MR) is 84.5 cm³/mol. The van der Waals surface area contributed by atoms with Crippen LogP contribution < -0.4 is 14.9 Å². The molecule has 0 atom stereocenters. The number of hydrogen-bond donors (Lipinski definition) is 1. The number of aromatic carboxylic acids is 1. The predicted octanol–water partition coefficient (Wildman–Crippen LogP) is 2.18. The maximum absolute atomic E-state index is 12.1. The summed E-state index contributed by atoms with van der Waals surface area (Å²) in [4.78, 5) is 23.3. The molecule has 2 heterocycles. The Morgan fingerprint density at radius 2 is 1.87 bits per heavy atom. The lowest BCUT2D eigenvalue weighted by atomic mass is 10.00. The van der Waals surface area contributed by atoms with E-state index in [-0.39, 0.29) is 5.56 Å². The van der Waals surface area contributed by atoms with Crippen molar-refractivity contribution in [2.24, 2.45) is 0 Å². The molecule has 0 radical (unpaired) electrons. The molecule has 0 saturated carbocycles. The lowest BCUT2D eigenvalue weighted by molar-refractivity contribution is 0.0694. The highest BCUT2D eigenvalue weighted by Gasteiger charge is 2.20. The lowest BCUT2D eigenvalue weighted by Gasteiger charge is -2.15. The maximum atomic E-state index is 12.1. The van der Waals surface area contributed by atoms with Crippen LogP contribution in [-0.2, 0) is 13.0 Å². The zero-order valence-corrected chi connectivity index (χ0v) is 13.0. The molecule has 1 aliphatic rings. The summed E-state index contributed by atoms with van der Waals surface area (Å²) < 4.78 is 12.5. The molecule has 0 fully saturated rings. The van der Waals surface area contributed by atoms with Crippen LogP contribution in [0, 0.1) is 0 Å². The van der Waals surface area contributed by atoms with Crippen LogP contribution in [-0.4, -0.2) is 29.9 Å². The third-order valence-corrected chi connectivity index (χ3v) is 4.09. The van der Waals surface area contributed by atoms with Crippen LogP contribution in [0.5, 0.6) is 11.5 Å². The van der Waals surface area contributed by atoms with Gasteiger partial charge in [0, 0.05) is 24.4 Å². The van der Waals surface area contributed by atoms with Crippen molar-refractivity contribution in [1.29, 1.82) is 0 Å². The van der Waals surface area contributed by atoms with Gasteiger partial charge in [0.05, 0.1) is 19.9 Å². The number of nitrogens with zero attached hydrogens (tertiary/aromatic N) is 1. The molecule has 1 N–H and O–H groups in total. The normalized spacial score (nSPS) is 12.8. The summed E-state index contributed by atoms with van der Waals surface area (Å²) in [6.07, 6.45) is 3.08. The van der Waals surface area contributed by atoms with Gasteiger partial charge < -0.3 is 19.1 Å². The molecule has 2 aromatic rings. The first-order valence-corrected chi connectivity index (χ1v) is 7.28. The Bertz CT molecular complexity index is 838. The van der Waals surface area contributed by atoms with Crippen LogP contribution in [0.15, 0.2) is 29.2 Å². The van der Waals surface area contributed by atoms with Crippen molar-refractivity contribution in [3.63, 3.8) is 0 Å². The number of benzene rings is 1. The molecular weight excluding hydrogens is 298 g/mol. The van der Waals surface area contributed by atoms with E-state index in [9.17, 15) is 9.59 Å². The highest BCUT2D eigenvalue weighted by atomic mass is 16.5. The molecule has 0 spiro atoms. The quantitative estimate of drug-likeness (QED) is 0.939. The average Bonchev–Trinajstić information content (AvgIpc) is 2.71. The molecular formula is C17H17NO5. The largest absolute Gasteiger partial charge is 0.493 e. The average molecular weight is 315 g/mol. The highest BCUT2D eigenvalue weighted by Crippen LogP contribution is 2.37. The molecule has 6 heteroatoms. The van der Waals surface area contributed by atoms with Gasteiger partial charge in [-0.1, -0.05) is 0 Å². The number of carboxylic acid groups (broad SMARTS) is 1.